The molecule has 0 fully saturated rings. The van der Waals surface area contributed by atoms with Crippen molar-refractivity contribution in [3.8, 4) is 11.5 Å². The third-order valence-electron chi connectivity index (χ3n) is 2.83. The van der Waals surface area contributed by atoms with Gasteiger partial charge in [-0.05, 0) is 13.0 Å². The third kappa shape index (κ3) is 3.93. The minimum Gasteiger partial charge on any atom is -0.454 e. The van der Waals surface area contributed by atoms with E-state index in [0.717, 1.165) is 0 Å². The summed E-state index contributed by atoms with van der Waals surface area (Å²) in [5.41, 5.74) is 0.747. The lowest BCUT2D eigenvalue weighted by molar-refractivity contribution is -0.121. The third-order valence-corrected chi connectivity index (χ3v) is 2.83. The number of fused-ring (bicyclic) bond motifs is 1. The predicted octanol–water partition coefficient (Wildman–Crippen LogP) is 1.22. The Balaban J connectivity index is 2.05. The average molecular weight is 295 g/mol. The number of methoxy groups -OCH3 is 1. The molecule has 0 radical (unpaired) electrons. The van der Waals surface area contributed by atoms with Gasteiger partial charge in [-0.2, -0.15) is 0 Å². The molecular weight excluding hydrogens is 278 g/mol. The molecule has 7 nitrogen and oxygen atoms in total. The Morgan fingerprint density at radius 2 is 1.95 bits per heavy atom. The van der Waals surface area contributed by atoms with Crippen molar-refractivity contribution in [3.63, 3.8) is 0 Å². The van der Waals surface area contributed by atoms with Gasteiger partial charge < -0.3 is 24.3 Å². The van der Waals surface area contributed by atoms with Gasteiger partial charge in [0.2, 0.25) is 12.7 Å². The lowest BCUT2D eigenvalue weighted by atomic mass is 10.1. The fourth-order valence-corrected chi connectivity index (χ4v) is 1.83. The number of Topliss-reactive ketones (excluding diaryl/α,β-unsaturated/α-hetero) is 1. The molecule has 0 saturated heterocycles. The molecule has 0 unspecified atom stereocenters. The van der Waals surface area contributed by atoms with E-state index in [9.17, 15) is 9.59 Å². The number of nitrogens with one attached hydrogen (secondary N) is 1. The molecule has 7 heteroatoms. The highest BCUT2D eigenvalue weighted by Gasteiger charge is 2.20. The number of amides is 1. The highest BCUT2D eigenvalue weighted by molar-refractivity contribution is 6.04. The Morgan fingerprint density at radius 1 is 1.24 bits per heavy atom. The molecule has 0 aromatic heterocycles. The summed E-state index contributed by atoms with van der Waals surface area (Å²) in [6, 6.07) is 3.14. The first kappa shape index (κ1) is 15.3. The van der Waals surface area contributed by atoms with Crippen LogP contribution in [0, 0.1) is 0 Å². The molecule has 2 rings (SSSR count). The SMILES string of the molecule is COCCOCC(=O)Nc1cc2c(cc1C(C)=O)OCO2. The molecule has 0 bridgehead atoms. The van der Waals surface area contributed by atoms with Gasteiger partial charge in [0.05, 0.1) is 18.9 Å². The smallest absolute Gasteiger partial charge is 0.250 e. The number of carbonyl (C=O) groups excluding carboxylic acids is 2. The normalized spacial score (nSPS) is 12.3. The first-order valence-electron chi connectivity index (χ1n) is 6.43. The highest BCUT2D eigenvalue weighted by atomic mass is 16.7. The lowest BCUT2D eigenvalue weighted by Crippen LogP contribution is -2.20. The van der Waals surface area contributed by atoms with Crippen molar-refractivity contribution < 1.29 is 28.5 Å². The van der Waals surface area contributed by atoms with Crippen LogP contribution in [0.4, 0.5) is 5.69 Å². The van der Waals surface area contributed by atoms with Gasteiger partial charge in [0.15, 0.2) is 17.3 Å². The molecule has 0 aliphatic carbocycles. The molecule has 0 atom stereocenters. The zero-order chi connectivity index (χ0) is 15.2. The van der Waals surface area contributed by atoms with E-state index < -0.39 is 0 Å². The molecular formula is C14H17NO6. The number of carbonyl (C=O) groups is 2. The summed E-state index contributed by atoms with van der Waals surface area (Å²) in [6.45, 7) is 2.14. The van der Waals surface area contributed by atoms with Crippen LogP contribution in [0.25, 0.3) is 0 Å². The van der Waals surface area contributed by atoms with Crippen LogP contribution >= 0.6 is 0 Å². The van der Waals surface area contributed by atoms with Gasteiger partial charge >= 0.3 is 0 Å². The Hall–Kier alpha value is -2.12. The average Bonchev–Trinajstić information content (AvgIpc) is 2.89. The molecule has 0 spiro atoms. The van der Waals surface area contributed by atoms with E-state index in [1.54, 1.807) is 19.2 Å². The summed E-state index contributed by atoms with van der Waals surface area (Å²) >= 11 is 0. The second kappa shape index (κ2) is 7.05. The summed E-state index contributed by atoms with van der Waals surface area (Å²) in [6.07, 6.45) is 0. The molecule has 1 N–H and O–H groups in total. The molecule has 1 aromatic carbocycles. The maximum absolute atomic E-state index is 11.8. The van der Waals surface area contributed by atoms with Gasteiger partial charge in [0.25, 0.3) is 0 Å². The Morgan fingerprint density at radius 3 is 2.62 bits per heavy atom. The Bertz CT molecular complexity index is 543. The zero-order valence-electron chi connectivity index (χ0n) is 11.9. The van der Waals surface area contributed by atoms with Crippen molar-refractivity contribution in [2.75, 3.05) is 39.0 Å². The van der Waals surface area contributed by atoms with Crippen LogP contribution in [-0.4, -0.2) is 45.4 Å². The van der Waals surface area contributed by atoms with E-state index in [1.165, 1.54) is 6.92 Å². The maximum atomic E-state index is 11.8. The summed E-state index contributed by atoms with van der Waals surface area (Å²) in [5.74, 6) is 0.460. The van der Waals surface area contributed by atoms with Crippen LogP contribution in [0.3, 0.4) is 0 Å². The fourth-order valence-electron chi connectivity index (χ4n) is 1.83. The van der Waals surface area contributed by atoms with Crippen molar-refractivity contribution in [1.82, 2.24) is 0 Å². The number of hydrogen-bond acceptors (Lipinski definition) is 6. The van der Waals surface area contributed by atoms with Crippen LogP contribution in [-0.2, 0) is 14.3 Å². The predicted molar refractivity (Wildman–Crippen MR) is 73.9 cm³/mol. The van der Waals surface area contributed by atoms with Crippen molar-refractivity contribution in [2.45, 2.75) is 6.92 Å². The zero-order valence-corrected chi connectivity index (χ0v) is 11.9. The molecule has 1 amide bonds. The summed E-state index contributed by atoms with van der Waals surface area (Å²) in [5, 5.41) is 2.64. The van der Waals surface area contributed by atoms with Gasteiger partial charge in [0.1, 0.15) is 6.61 Å². The standard InChI is InChI=1S/C14H17NO6/c1-9(16)10-5-12-13(21-8-20-12)6-11(10)15-14(17)7-19-4-3-18-2/h5-6H,3-4,7-8H2,1-2H3,(H,15,17). The maximum Gasteiger partial charge on any atom is 0.250 e. The number of hydrogen-bond donors (Lipinski definition) is 1. The number of ketones is 1. The van der Waals surface area contributed by atoms with E-state index in [1.807, 2.05) is 0 Å². The number of rotatable bonds is 7. The van der Waals surface area contributed by atoms with Crippen LogP contribution in [0.1, 0.15) is 17.3 Å². The van der Waals surface area contributed by atoms with E-state index in [0.29, 0.717) is 36.0 Å². The fraction of sp³-hybridized carbons (Fsp3) is 0.429. The van der Waals surface area contributed by atoms with E-state index in [2.05, 4.69) is 5.32 Å². The van der Waals surface area contributed by atoms with Crippen LogP contribution in [0.15, 0.2) is 12.1 Å². The lowest BCUT2D eigenvalue weighted by Gasteiger charge is -2.10. The van der Waals surface area contributed by atoms with Crippen molar-refractivity contribution in [3.05, 3.63) is 17.7 Å². The van der Waals surface area contributed by atoms with Crippen LogP contribution < -0.4 is 14.8 Å². The molecule has 0 saturated carbocycles. The quantitative estimate of drug-likeness (QED) is 0.601. The van der Waals surface area contributed by atoms with Gasteiger partial charge in [-0.15, -0.1) is 0 Å². The Kier molecular flexibility index (Phi) is 5.13. The van der Waals surface area contributed by atoms with Gasteiger partial charge in [-0.3, -0.25) is 9.59 Å². The van der Waals surface area contributed by atoms with Crippen molar-refractivity contribution >= 4 is 17.4 Å². The van der Waals surface area contributed by atoms with Crippen molar-refractivity contribution in [2.24, 2.45) is 0 Å². The van der Waals surface area contributed by atoms with Crippen molar-refractivity contribution in [1.29, 1.82) is 0 Å². The summed E-state index contributed by atoms with van der Waals surface area (Å²) in [4.78, 5) is 23.4. The molecule has 1 aliphatic heterocycles. The minimum atomic E-state index is -0.354. The van der Waals surface area contributed by atoms with Crippen LogP contribution in [0.5, 0.6) is 11.5 Å². The molecule has 1 aromatic rings. The first-order chi connectivity index (χ1) is 10.1. The monoisotopic (exact) mass is 295 g/mol. The topological polar surface area (TPSA) is 83.1 Å². The van der Waals surface area contributed by atoms with E-state index >= 15 is 0 Å². The first-order valence-corrected chi connectivity index (χ1v) is 6.43. The Labute approximate surface area is 122 Å². The summed E-state index contributed by atoms with van der Waals surface area (Å²) < 4.78 is 20.4. The molecule has 1 aliphatic rings. The number of anilines is 1. The summed E-state index contributed by atoms with van der Waals surface area (Å²) in [7, 11) is 1.55. The minimum absolute atomic E-state index is 0.101. The molecule has 21 heavy (non-hydrogen) atoms. The van der Waals surface area contributed by atoms with E-state index in [4.69, 9.17) is 18.9 Å². The second-order valence-corrected chi connectivity index (χ2v) is 4.40. The van der Waals surface area contributed by atoms with Gasteiger partial charge in [0, 0.05) is 18.7 Å². The van der Waals surface area contributed by atoms with E-state index in [-0.39, 0.29) is 25.1 Å². The molecule has 1 heterocycles. The van der Waals surface area contributed by atoms with Gasteiger partial charge in [-0.1, -0.05) is 0 Å². The molecule has 114 valence electrons. The highest BCUT2D eigenvalue weighted by Crippen LogP contribution is 2.37. The second-order valence-electron chi connectivity index (χ2n) is 4.40. The van der Waals surface area contributed by atoms with Crippen LogP contribution in [0.2, 0.25) is 0 Å². The number of benzene rings is 1. The largest absolute Gasteiger partial charge is 0.454 e. The number of ether oxygens (including phenoxy) is 4. The van der Waals surface area contributed by atoms with Gasteiger partial charge in [-0.25, -0.2) is 0 Å².